The van der Waals surface area contributed by atoms with E-state index in [9.17, 15) is 26.7 Å². The quantitative estimate of drug-likeness (QED) is 0.778. The van der Waals surface area contributed by atoms with Crippen molar-refractivity contribution in [1.29, 1.82) is 0 Å². The van der Waals surface area contributed by atoms with Crippen LogP contribution in [0, 0.1) is 0 Å². The highest BCUT2D eigenvalue weighted by atomic mass is 32.2. The highest BCUT2D eigenvalue weighted by Gasteiger charge is 2.57. The van der Waals surface area contributed by atoms with E-state index in [0.717, 1.165) is 10.8 Å². The van der Waals surface area contributed by atoms with Crippen LogP contribution in [0.2, 0.25) is 0 Å². The van der Waals surface area contributed by atoms with E-state index in [1.807, 2.05) is 4.72 Å². The van der Waals surface area contributed by atoms with Crippen molar-refractivity contribution < 1.29 is 26.7 Å². The van der Waals surface area contributed by atoms with Crippen molar-refractivity contribution in [3.8, 4) is 0 Å². The molecule has 122 valence electrons. The van der Waals surface area contributed by atoms with Gasteiger partial charge in [-0.15, -0.1) is 0 Å². The van der Waals surface area contributed by atoms with Gasteiger partial charge in [0.25, 0.3) is 0 Å². The molecule has 0 aromatic carbocycles. The number of rotatable bonds is 7. The lowest BCUT2D eigenvalue weighted by atomic mass is 9.98. The van der Waals surface area contributed by atoms with Gasteiger partial charge in [0.1, 0.15) is 5.82 Å². The third kappa shape index (κ3) is 4.17. The van der Waals surface area contributed by atoms with Crippen LogP contribution in [-0.2, 0) is 22.7 Å². The number of imidazole rings is 1. The lowest BCUT2D eigenvalue weighted by Gasteiger charge is -2.29. The summed E-state index contributed by atoms with van der Waals surface area (Å²) in [5, 5.41) is 9.97. The zero-order valence-corrected chi connectivity index (χ0v) is 12.5. The van der Waals surface area contributed by atoms with Crippen LogP contribution in [0.25, 0.3) is 0 Å². The normalized spacial score (nSPS) is 15.9. The fourth-order valence-electron chi connectivity index (χ4n) is 1.87. The Morgan fingerprint density at radius 3 is 2.48 bits per heavy atom. The zero-order valence-electron chi connectivity index (χ0n) is 11.7. The lowest BCUT2D eigenvalue weighted by Crippen LogP contribution is -2.46. The van der Waals surface area contributed by atoms with Gasteiger partial charge in [-0.05, 0) is 6.42 Å². The first kappa shape index (κ1) is 17.9. The van der Waals surface area contributed by atoms with Gasteiger partial charge in [-0.3, -0.25) is 0 Å². The van der Waals surface area contributed by atoms with E-state index in [-0.39, 0.29) is 5.75 Å². The molecule has 0 fully saturated rings. The van der Waals surface area contributed by atoms with Crippen LogP contribution in [0.4, 0.5) is 13.2 Å². The van der Waals surface area contributed by atoms with E-state index >= 15 is 0 Å². The van der Waals surface area contributed by atoms with E-state index in [1.165, 1.54) is 13.2 Å². The number of nitrogens with zero attached hydrogens (tertiary/aromatic N) is 2. The Hall–Kier alpha value is -1.13. The van der Waals surface area contributed by atoms with Gasteiger partial charge in [0.2, 0.25) is 15.6 Å². The zero-order chi connectivity index (χ0) is 16.3. The van der Waals surface area contributed by atoms with Gasteiger partial charge in [-0.1, -0.05) is 6.92 Å². The van der Waals surface area contributed by atoms with Crippen molar-refractivity contribution in [2.24, 2.45) is 7.05 Å². The number of sulfonamides is 1. The summed E-state index contributed by atoms with van der Waals surface area (Å²) in [6, 6.07) is 0. The van der Waals surface area contributed by atoms with Crippen molar-refractivity contribution >= 4 is 10.0 Å². The Labute approximate surface area is 121 Å². The molecule has 0 unspecified atom stereocenters. The Morgan fingerprint density at radius 2 is 2.05 bits per heavy atom. The van der Waals surface area contributed by atoms with E-state index in [4.69, 9.17) is 0 Å². The average Bonchev–Trinajstić information content (AvgIpc) is 2.73. The van der Waals surface area contributed by atoms with Gasteiger partial charge in [-0.25, -0.2) is 18.1 Å². The smallest absolute Gasteiger partial charge is 0.374 e. The maximum absolute atomic E-state index is 13.1. The largest absolute Gasteiger partial charge is 0.424 e. The van der Waals surface area contributed by atoms with Crippen molar-refractivity contribution in [3.05, 3.63) is 18.2 Å². The van der Waals surface area contributed by atoms with Gasteiger partial charge in [0, 0.05) is 32.4 Å². The minimum atomic E-state index is -4.97. The summed E-state index contributed by atoms with van der Waals surface area (Å²) in [4.78, 5) is 3.52. The number of aryl methyl sites for hydroxylation is 1. The number of aliphatic hydroxyl groups is 1. The molecule has 2 N–H and O–H groups in total. The molecule has 0 spiro atoms. The summed E-state index contributed by atoms with van der Waals surface area (Å²) in [5.41, 5.74) is -3.21. The Bertz CT molecular complexity index is 571. The maximum Gasteiger partial charge on any atom is 0.424 e. The minimum Gasteiger partial charge on any atom is -0.374 e. The molecule has 0 aliphatic carbocycles. The second kappa shape index (κ2) is 6.32. The summed E-state index contributed by atoms with van der Waals surface area (Å²) >= 11 is 0. The standard InChI is InChI=1S/C11H18F3N3O3S/c1-3-8-21(19,20)16-5-4-10(18,11(12,13)14)9-15-6-7-17(9)2/h6-7,16,18H,3-5,8H2,1-2H3/t10-/m1/s1. The summed E-state index contributed by atoms with van der Waals surface area (Å²) in [6.07, 6.45) is -3.08. The predicted molar refractivity (Wildman–Crippen MR) is 69.9 cm³/mol. The van der Waals surface area contributed by atoms with Crippen LogP contribution >= 0.6 is 0 Å². The molecule has 0 bridgehead atoms. The van der Waals surface area contributed by atoms with E-state index < -0.39 is 40.6 Å². The Kier molecular flexibility index (Phi) is 5.40. The van der Waals surface area contributed by atoms with Crippen LogP contribution in [0.5, 0.6) is 0 Å². The number of aromatic nitrogens is 2. The fraction of sp³-hybridized carbons (Fsp3) is 0.727. The summed E-state index contributed by atoms with van der Waals surface area (Å²) < 4.78 is 65.3. The highest BCUT2D eigenvalue weighted by molar-refractivity contribution is 7.89. The molecule has 0 radical (unpaired) electrons. The topological polar surface area (TPSA) is 84.2 Å². The van der Waals surface area contributed by atoms with Gasteiger partial charge in [0.05, 0.1) is 5.75 Å². The van der Waals surface area contributed by atoms with Crippen LogP contribution in [0.3, 0.4) is 0 Å². The van der Waals surface area contributed by atoms with Crippen LogP contribution in [0.15, 0.2) is 12.4 Å². The minimum absolute atomic E-state index is 0.181. The molecule has 10 heteroatoms. The van der Waals surface area contributed by atoms with Gasteiger partial charge in [0.15, 0.2) is 0 Å². The first-order valence-corrected chi connectivity index (χ1v) is 7.93. The van der Waals surface area contributed by atoms with Crippen molar-refractivity contribution in [3.63, 3.8) is 0 Å². The average molecular weight is 329 g/mol. The van der Waals surface area contributed by atoms with Crippen LogP contribution in [0.1, 0.15) is 25.6 Å². The maximum atomic E-state index is 13.1. The molecular formula is C11H18F3N3O3S. The fourth-order valence-corrected chi connectivity index (χ4v) is 2.97. The molecule has 0 aliphatic rings. The number of alkyl halides is 3. The third-order valence-electron chi connectivity index (χ3n) is 2.94. The number of nitrogens with one attached hydrogen (secondary N) is 1. The number of halogens is 3. The predicted octanol–water partition coefficient (Wildman–Crippen LogP) is 0.889. The first-order chi connectivity index (χ1) is 9.53. The molecule has 0 aliphatic heterocycles. The van der Waals surface area contributed by atoms with E-state index in [0.29, 0.717) is 6.42 Å². The van der Waals surface area contributed by atoms with E-state index in [1.54, 1.807) is 6.92 Å². The molecule has 0 saturated carbocycles. The monoisotopic (exact) mass is 329 g/mol. The molecular weight excluding hydrogens is 311 g/mol. The lowest BCUT2D eigenvalue weighted by molar-refractivity contribution is -0.272. The Balaban J connectivity index is 2.90. The van der Waals surface area contributed by atoms with Gasteiger partial charge in [-0.2, -0.15) is 13.2 Å². The number of hydrogen-bond donors (Lipinski definition) is 2. The molecule has 0 saturated heterocycles. The van der Waals surface area contributed by atoms with Gasteiger partial charge < -0.3 is 9.67 Å². The number of hydrogen-bond acceptors (Lipinski definition) is 4. The molecule has 6 nitrogen and oxygen atoms in total. The summed E-state index contributed by atoms with van der Waals surface area (Å²) in [5.74, 6) is -0.760. The molecule has 1 rings (SSSR count). The highest BCUT2D eigenvalue weighted by Crippen LogP contribution is 2.40. The summed E-state index contributed by atoms with van der Waals surface area (Å²) in [7, 11) is -2.31. The molecule has 1 aromatic heterocycles. The molecule has 0 amide bonds. The second-order valence-electron chi connectivity index (χ2n) is 4.68. The Morgan fingerprint density at radius 1 is 1.43 bits per heavy atom. The van der Waals surface area contributed by atoms with Crippen molar-refractivity contribution in [2.45, 2.75) is 31.5 Å². The second-order valence-corrected chi connectivity index (χ2v) is 6.61. The molecule has 21 heavy (non-hydrogen) atoms. The van der Waals surface area contributed by atoms with Gasteiger partial charge >= 0.3 is 6.18 Å². The molecule has 1 aromatic rings. The molecule has 1 heterocycles. The molecule has 1 atom stereocenters. The van der Waals surface area contributed by atoms with Crippen LogP contribution < -0.4 is 4.72 Å². The van der Waals surface area contributed by atoms with E-state index in [2.05, 4.69) is 4.98 Å². The summed E-state index contributed by atoms with van der Waals surface area (Å²) in [6.45, 7) is 1.10. The van der Waals surface area contributed by atoms with Crippen LogP contribution in [-0.4, -0.2) is 41.5 Å². The SMILES string of the molecule is CCCS(=O)(=O)NCC[C@@](O)(c1nccn1C)C(F)(F)F. The van der Waals surface area contributed by atoms with Crippen molar-refractivity contribution in [2.75, 3.05) is 12.3 Å². The van der Waals surface area contributed by atoms with Crippen molar-refractivity contribution in [1.82, 2.24) is 14.3 Å². The first-order valence-electron chi connectivity index (χ1n) is 6.28. The third-order valence-corrected chi connectivity index (χ3v) is 4.53.